The maximum atomic E-state index is 13.4. The molecular formula is C24H20FN5O. The fourth-order valence-electron chi connectivity index (χ4n) is 3.72. The number of halogens is 1. The molecule has 0 fully saturated rings. The van der Waals surface area contributed by atoms with Crippen molar-refractivity contribution in [1.82, 2.24) is 19.5 Å². The number of hydrogen-bond acceptors (Lipinski definition) is 5. The van der Waals surface area contributed by atoms with Gasteiger partial charge in [-0.05, 0) is 53.1 Å². The fourth-order valence-corrected chi connectivity index (χ4v) is 3.72. The zero-order valence-corrected chi connectivity index (χ0v) is 17.1. The summed E-state index contributed by atoms with van der Waals surface area (Å²) in [5.41, 5.74) is 5.64. The Morgan fingerprint density at radius 1 is 0.968 bits per heavy atom. The quantitative estimate of drug-likeness (QED) is 0.442. The summed E-state index contributed by atoms with van der Waals surface area (Å²) in [6, 6.07) is 16.5. The van der Waals surface area contributed by atoms with E-state index in [9.17, 15) is 4.39 Å². The minimum atomic E-state index is -0.271. The van der Waals surface area contributed by atoms with E-state index in [4.69, 9.17) is 4.74 Å². The Kier molecular flexibility index (Phi) is 4.71. The molecule has 154 valence electrons. The van der Waals surface area contributed by atoms with Crippen LogP contribution in [0.15, 0.2) is 67.3 Å². The number of ether oxygens (including phenoxy) is 1. The lowest BCUT2D eigenvalue weighted by molar-refractivity contribution is 0.419. The second kappa shape index (κ2) is 7.68. The van der Waals surface area contributed by atoms with Gasteiger partial charge in [-0.3, -0.25) is 0 Å². The predicted octanol–water partition coefficient (Wildman–Crippen LogP) is 4.94. The number of imidazole rings is 1. The minimum absolute atomic E-state index is 0.271. The lowest BCUT2D eigenvalue weighted by atomic mass is 10.0. The van der Waals surface area contributed by atoms with E-state index in [0.29, 0.717) is 23.6 Å². The number of benzene rings is 3. The fraction of sp³-hybridized carbons (Fsp3) is 0.125. The van der Waals surface area contributed by atoms with Gasteiger partial charge in [0.25, 0.3) is 0 Å². The Labute approximate surface area is 178 Å². The van der Waals surface area contributed by atoms with Crippen LogP contribution in [-0.4, -0.2) is 26.6 Å². The highest BCUT2D eigenvalue weighted by Crippen LogP contribution is 2.34. The van der Waals surface area contributed by atoms with Crippen LogP contribution in [-0.2, 0) is 13.6 Å². The van der Waals surface area contributed by atoms with E-state index in [0.717, 1.165) is 33.1 Å². The number of fused-ring (bicyclic) bond motifs is 2. The van der Waals surface area contributed by atoms with Gasteiger partial charge in [-0.25, -0.2) is 19.3 Å². The molecule has 3 aromatic carbocycles. The van der Waals surface area contributed by atoms with Gasteiger partial charge in [0.1, 0.15) is 29.2 Å². The molecule has 0 radical (unpaired) electrons. The first-order chi connectivity index (χ1) is 15.1. The number of aryl methyl sites for hydroxylation is 1. The first kappa shape index (κ1) is 19.0. The number of aromatic nitrogens is 4. The Hall–Kier alpha value is -4.00. The number of nitrogens with zero attached hydrogens (tertiary/aromatic N) is 4. The third-order valence-electron chi connectivity index (χ3n) is 5.35. The predicted molar refractivity (Wildman–Crippen MR) is 120 cm³/mol. The second-order valence-corrected chi connectivity index (χ2v) is 7.34. The van der Waals surface area contributed by atoms with Gasteiger partial charge in [-0.1, -0.05) is 18.2 Å². The summed E-state index contributed by atoms with van der Waals surface area (Å²) in [5, 5.41) is 4.25. The number of methoxy groups -OCH3 is 1. The zero-order valence-electron chi connectivity index (χ0n) is 17.1. The van der Waals surface area contributed by atoms with E-state index in [-0.39, 0.29) is 5.82 Å². The number of anilines is 1. The summed E-state index contributed by atoms with van der Waals surface area (Å²) in [7, 11) is 3.59. The van der Waals surface area contributed by atoms with E-state index < -0.39 is 0 Å². The van der Waals surface area contributed by atoms with Crippen molar-refractivity contribution in [2.24, 2.45) is 7.05 Å². The van der Waals surface area contributed by atoms with Crippen LogP contribution in [0.25, 0.3) is 33.1 Å². The molecule has 0 amide bonds. The summed E-state index contributed by atoms with van der Waals surface area (Å²) in [5.74, 6) is 1.07. The van der Waals surface area contributed by atoms with Crippen molar-refractivity contribution < 1.29 is 9.13 Å². The normalized spacial score (nSPS) is 11.2. The van der Waals surface area contributed by atoms with Crippen molar-refractivity contribution in [3.63, 3.8) is 0 Å². The number of rotatable bonds is 5. The first-order valence-electron chi connectivity index (χ1n) is 9.85. The molecule has 2 aromatic heterocycles. The highest BCUT2D eigenvalue weighted by Gasteiger charge is 2.12. The van der Waals surface area contributed by atoms with Crippen molar-refractivity contribution in [1.29, 1.82) is 0 Å². The van der Waals surface area contributed by atoms with Gasteiger partial charge in [0, 0.05) is 19.0 Å². The van der Waals surface area contributed by atoms with Crippen LogP contribution in [0.4, 0.5) is 10.2 Å². The zero-order chi connectivity index (χ0) is 21.4. The average Bonchev–Trinajstić information content (AvgIpc) is 3.17. The van der Waals surface area contributed by atoms with Gasteiger partial charge in [0.2, 0.25) is 0 Å². The van der Waals surface area contributed by atoms with E-state index in [1.54, 1.807) is 19.2 Å². The molecular weight excluding hydrogens is 393 g/mol. The summed E-state index contributed by atoms with van der Waals surface area (Å²) in [4.78, 5) is 13.3. The van der Waals surface area contributed by atoms with Crippen molar-refractivity contribution >= 4 is 27.8 Å². The third-order valence-corrected chi connectivity index (χ3v) is 5.35. The van der Waals surface area contributed by atoms with Crippen LogP contribution in [0, 0.1) is 5.82 Å². The molecule has 0 aliphatic heterocycles. The molecule has 0 bridgehead atoms. The molecule has 0 atom stereocenters. The van der Waals surface area contributed by atoms with Crippen LogP contribution in [0.2, 0.25) is 0 Å². The molecule has 0 aliphatic carbocycles. The van der Waals surface area contributed by atoms with Crippen LogP contribution >= 0.6 is 0 Å². The Bertz CT molecular complexity index is 1400. The van der Waals surface area contributed by atoms with Gasteiger partial charge >= 0.3 is 0 Å². The van der Waals surface area contributed by atoms with Crippen molar-refractivity contribution in [2.45, 2.75) is 6.54 Å². The average molecular weight is 413 g/mol. The van der Waals surface area contributed by atoms with E-state index >= 15 is 0 Å². The van der Waals surface area contributed by atoms with Gasteiger partial charge in [0.05, 0.1) is 24.5 Å². The summed E-state index contributed by atoms with van der Waals surface area (Å²) >= 11 is 0. The van der Waals surface area contributed by atoms with Crippen molar-refractivity contribution in [3.8, 4) is 16.9 Å². The van der Waals surface area contributed by atoms with E-state index in [2.05, 4.69) is 38.5 Å². The molecule has 6 nitrogen and oxygen atoms in total. The number of hydrogen-bond donors (Lipinski definition) is 1. The largest absolute Gasteiger partial charge is 0.494 e. The van der Waals surface area contributed by atoms with Crippen molar-refractivity contribution in [2.75, 3.05) is 12.4 Å². The lowest BCUT2D eigenvalue weighted by Gasteiger charge is -2.13. The molecule has 5 aromatic rings. The van der Waals surface area contributed by atoms with Gasteiger partial charge in [-0.2, -0.15) is 0 Å². The van der Waals surface area contributed by atoms with Crippen LogP contribution < -0.4 is 10.1 Å². The molecule has 0 unspecified atom stereocenters. The number of nitrogens with one attached hydrogen (secondary N) is 1. The molecule has 0 aliphatic rings. The lowest BCUT2D eigenvalue weighted by Crippen LogP contribution is -2.03. The first-order valence-corrected chi connectivity index (χ1v) is 9.85. The van der Waals surface area contributed by atoms with E-state index in [1.165, 1.54) is 18.5 Å². The molecule has 7 heteroatoms. The molecule has 0 saturated carbocycles. The van der Waals surface area contributed by atoms with E-state index in [1.807, 2.05) is 30.1 Å². The van der Waals surface area contributed by atoms with Gasteiger partial charge in [-0.15, -0.1) is 0 Å². The Morgan fingerprint density at radius 2 is 1.81 bits per heavy atom. The topological polar surface area (TPSA) is 64.9 Å². The molecule has 2 heterocycles. The maximum absolute atomic E-state index is 13.4. The summed E-state index contributed by atoms with van der Waals surface area (Å²) in [6.07, 6.45) is 3.33. The molecule has 1 N–H and O–H groups in total. The highest BCUT2D eigenvalue weighted by molar-refractivity contribution is 5.96. The van der Waals surface area contributed by atoms with Crippen molar-refractivity contribution in [3.05, 3.63) is 78.6 Å². The minimum Gasteiger partial charge on any atom is -0.494 e. The third kappa shape index (κ3) is 3.54. The molecule has 0 spiro atoms. The summed E-state index contributed by atoms with van der Waals surface area (Å²) < 4.78 is 20.9. The standard InChI is InChI=1S/C24H20FN5O/c1-30-14-29-20-9-15(3-8-21(20)30)12-26-24-19-10-17(16-4-6-18(25)7-5-16)11-22(31-2)23(19)27-13-28-24/h3-11,13-14H,12H2,1-2H3,(H,26,27,28). The maximum Gasteiger partial charge on any atom is 0.145 e. The highest BCUT2D eigenvalue weighted by atomic mass is 19.1. The summed E-state index contributed by atoms with van der Waals surface area (Å²) in [6.45, 7) is 0.585. The van der Waals surface area contributed by atoms with Crippen LogP contribution in [0.1, 0.15) is 5.56 Å². The Morgan fingerprint density at radius 3 is 2.61 bits per heavy atom. The SMILES string of the molecule is COc1cc(-c2ccc(F)cc2)cc2c(NCc3ccc4c(c3)ncn4C)ncnc12. The van der Waals surface area contributed by atoms with Crippen LogP contribution in [0.5, 0.6) is 5.75 Å². The van der Waals surface area contributed by atoms with Gasteiger partial charge < -0.3 is 14.6 Å². The molecule has 5 rings (SSSR count). The Balaban J connectivity index is 1.52. The smallest absolute Gasteiger partial charge is 0.145 e. The monoisotopic (exact) mass is 413 g/mol. The second-order valence-electron chi connectivity index (χ2n) is 7.34. The van der Waals surface area contributed by atoms with Crippen LogP contribution in [0.3, 0.4) is 0 Å². The molecule has 31 heavy (non-hydrogen) atoms. The molecule has 0 saturated heterocycles. The van der Waals surface area contributed by atoms with Gasteiger partial charge in [0.15, 0.2) is 0 Å².